The Kier molecular flexibility index (Phi) is 5.27. The minimum Gasteiger partial charge on any atom is -0.324 e. The van der Waals surface area contributed by atoms with Gasteiger partial charge in [0.05, 0.1) is 0 Å². The number of allylic oxidation sites excluding steroid dienone is 7. The number of hydrogen-bond donors (Lipinski definition) is 1. The Morgan fingerprint density at radius 3 is 2.52 bits per heavy atom. The zero-order valence-electron chi connectivity index (χ0n) is 18.0. The Hall–Kier alpha value is -1.08. The van der Waals surface area contributed by atoms with E-state index >= 15 is 0 Å². The molecule has 0 amide bonds. The third-order valence-electron chi connectivity index (χ3n) is 8.36. The van der Waals surface area contributed by atoms with Gasteiger partial charge in [-0.15, -0.1) is 0 Å². The molecule has 0 radical (unpaired) electrons. The van der Waals surface area contributed by atoms with Crippen molar-refractivity contribution < 1.29 is 0 Å². The summed E-state index contributed by atoms with van der Waals surface area (Å²) in [5.41, 5.74) is 15.0. The van der Waals surface area contributed by atoms with E-state index in [1.165, 1.54) is 63.4 Å². The molecule has 0 aromatic rings. The van der Waals surface area contributed by atoms with Crippen molar-refractivity contribution >= 4 is 0 Å². The van der Waals surface area contributed by atoms with Crippen LogP contribution in [0.5, 0.6) is 0 Å². The van der Waals surface area contributed by atoms with Crippen LogP contribution < -0.4 is 5.73 Å². The summed E-state index contributed by atoms with van der Waals surface area (Å²) in [6, 6.07) is 0.281. The van der Waals surface area contributed by atoms with Gasteiger partial charge < -0.3 is 5.73 Å². The Balaban J connectivity index is 1.49. The highest BCUT2D eigenvalue weighted by Gasteiger charge is 2.39. The average molecular weight is 366 g/mol. The maximum Gasteiger partial charge on any atom is 0.0258 e. The summed E-state index contributed by atoms with van der Waals surface area (Å²) in [6.07, 6.45) is 19.5. The molecule has 0 saturated heterocycles. The molecule has 0 aromatic heterocycles. The van der Waals surface area contributed by atoms with Gasteiger partial charge in [0.15, 0.2) is 0 Å². The number of rotatable bonds is 3. The molecule has 0 heterocycles. The molecule has 1 fully saturated rings. The second kappa shape index (κ2) is 7.39. The van der Waals surface area contributed by atoms with Crippen LogP contribution in [0.4, 0.5) is 0 Å². The summed E-state index contributed by atoms with van der Waals surface area (Å²) >= 11 is 0. The Bertz CT molecular complexity index is 708. The smallest absolute Gasteiger partial charge is 0.0258 e. The highest BCUT2D eigenvalue weighted by atomic mass is 14.7. The van der Waals surface area contributed by atoms with Crippen molar-refractivity contribution in [2.75, 3.05) is 0 Å². The van der Waals surface area contributed by atoms with Crippen LogP contribution in [0.25, 0.3) is 0 Å². The summed E-state index contributed by atoms with van der Waals surface area (Å²) in [7, 11) is 0. The molecule has 1 saturated carbocycles. The molecule has 27 heavy (non-hydrogen) atoms. The molecule has 4 aliphatic carbocycles. The summed E-state index contributed by atoms with van der Waals surface area (Å²) in [4.78, 5) is 0. The first kappa shape index (κ1) is 19.2. The third kappa shape index (κ3) is 3.31. The maximum atomic E-state index is 6.71. The summed E-state index contributed by atoms with van der Waals surface area (Å²) in [6.45, 7) is 9.52. The van der Waals surface area contributed by atoms with Gasteiger partial charge in [0.1, 0.15) is 0 Å². The molecule has 0 bridgehead atoms. The summed E-state index contributed by atoms with van der Waals surface area (Å²) in [5.74, 6) is 2.19. The van der Waals surface area contributed by atoms with E-state index in [1.807, 2.05) is 0 Å². The third-order valence-corrected chi connectivity index (χ3v) is 8.36. The van der Waals surface area contributed by atoms with Gasteiger partial charge in [-0.25, -0.2) is 0 Å². The SMILES string of the molecule is CCC1=C(C)C2=C(CC(C3=CC(N)C(C4CCCCC4)CC3)C=C2)C1(C)C. The fraction of sp³-hybridized carbons (Fsp3) is 0.692. The molecule has 1 heteroatoms. The monoisotopic (exact) mass is 365 g/mol. The lowest BCUT2D eigenvalue weighted by Crippen LogP contribution is -2.37. The molecular formula is C26H39N. The van der Waals surface area contributed by atoms with E-state index in [4.69, 9.17) is 5.73 Å². The zero-order chi connectivity index (χ0) is 19.2. The Morgan fingerprint density at radius 2 is 1.85 bits per heavy atom. The maximum absolute atomic E-state index is 6.71. The van der Waals surface area contributed by atoms with Gasteiger partial charge >= 0.3 is 0 Å². The standard InChI is InChI=1S/C26H39N/c1-5-23-17(2)21-13-11-19(15-24(21)26(23,3)4)20-12-14-22(25(27)16-20)18-9-7-6-8-10-18/h11,13,16,18-19,22,25H,5-10,12,14-15,27H2,1-4H3. The summed E-state index contributed by atoms with van der Waals surface area (Å²) in [5, 5.41) is 0. The molecule has 0 spiro atoms. The first-order valence-corrected chi connectivity index (χ1v) is 11.5. The quantitative estimate of drug-likeness (QED) is 0.543. The van der Waals surface area contributed by atoms with Crippen LogP contribution in [0.15, 0.2) is 46.1 Å². The molecule has 148 valence electrons. The molecule has 3 atom stereocenters. The second-order valence-corrected chi connectivity index (χ2v) is 10.1. The normalized spacial score (nSPS) is 34.1. The van der Waals surface area contributed by atoms with Gasteiger partial charge in [0, 0.05) is 17.4 Å². The largest absolute Gasteiger partial charge is 0.324 e. The first-order chi connectivity index (χ1) is 12.9. The number of nitrogens with two attached hydrogens (primary N) is 1. The van der Waals surface area contributed by atoms with E-state index in [0.717, 1.165) is 11.8 Å². The van der Waals surface area contributed by atoms with Crippen molar-refractivity contribution in [3.8, 4) is 0 Å². The van der Waals surface area contributed by atoms with Crippen LogP contribution in [0, 0.1) is 23.2 Å². The van der Waals surface area contributed by atoms with Gasteiger partial charge in [0.25, 0.3) is 0 Å². The average Bonchev–Trinajstić information content (AvgIpc) is 2.87. The fourth-order valence-electron chi connectivity index (χ4n) is 6.83. The molecule has 0 aromatic carbocycles. The lowest BCUT2D eigenvalue weighted by Gasteiger charge is -2.38. The van der Waals surface area contributed by atoms with Crippen molar-refractivity contribution in [3.63, 3.8) is 0 Å². The van der Waals surface area contributed by atoms with Gasteiger partial charge in [0.2, 0.25) is 0 Å². The Morgan fingerprint density at radius 1 is 1.11 bits per heavy atom. The highest BCUT2D eigenvalue weighted by molar-refractivity contribution is 5.58. The topological polar surface area (TPSA) is 26.0 Å². The van der Waals surface area contributed by atoms with Crippen molar-refractivity contribution in [2.24, 2.45) is 28.9 Å². The van der Waals surface area contributed by atoms with Gasteiger partial charge in [-0.3, -0.25) is 0 Å². The molecular weight excluding hydrogens is 326 g/mol. The van der Waals surface area contributed by atoms with Crippen LogP contribution in [0.3, 0.4) is 0 Å². The van der Waals surface area contributed by atoms with Crippen molar-refractivity contribution in [2.45, 2.75) is 91.5 Å². The molecule has 2 N–H and O–H groups in total. The van der Waals surface area contributed by atoms with Crippen molar-refractivity contribution in [1.29, 1.82) is 0 Å². The minimum absolute atomic E-state index is 0.235. The predicted octanol–water partition coefficient (Wildman–Crippen LogP) is 6.87. The first-order valence-electron chi connectivity index (χ1n) is 11.5. The van der Waals surface area contributed by atoms with Crippen LogP contribution in [0.2, 0.25) is 0 Å². The van der Waals surface area contributed by atoms with Gasteiger partial charge in [-0.2, -0.15) is 0 Å². The van der Waals surface area contributed by atoms with E-state index < -0.39 is 0 Å². The van der Waals surface area contributed by atoms with Crippen LogP contribution in [-0.4, -0.2) is 6.04 Å². The van der Waals surface area contributed by atoms with Gasteiger partial charge in [-0.1, -0.05) is 87.8 Å². The molecule has 1 nitrogen and oxygen atoms in total. The van der Waals surface area contributed by atoms with Crippen LogP contribution in [-0.2, 0) is 0 Å². The zero-order valence-corrected chi connectivity index (χ0v) is 18.0. The van der Waals surface area contributed by atoms with E-state index in [9.17, 15) is 0 Å². The van der Waals surface area contributed by atoms with Crippen LogP contribution in [0.1, 0.15) is 85.5 Å². The lowest BCUT2D eigenvalue weighted by molar-refractivity contribution is 0.211. The van der Waals surface area contributed by atoms with Crippen molar-refractivity contribution in [3.05, 3.63) is 46.1 Å². The Labute approximate surface area is 166 Å². The van der Waals surface area contributed by atoms with Crippen molar-refractivity contribution in [1.82, 2.24) is 0 Å². The minimum atomic E-state index is 0.235. The van der Waals surface area contributed by atoms with Gasteiger partial charge in [-0.05, 0) is 55.6 Å². The van der Waals surface area contributed by atoms with Crippen LogP contribution >= 0.6 is 0 Å². The highest BCUT2D eigenvalue weighted by Crippen LogP contribution is 2.53. The summed E-state index contributed by atoms with van der Waals surface area (Å²) < 4.78 is 0. The van der Waals surface area contributed by atoms with E-state index in [2.05, 4.69) is 45.9 Å². The fourth-order valence-corrected chi connectivity index (χ4v) is 6.83. The van der Waals surface area contributed by atoms with E-state index in [0.29, 0.717) is 5.92 Å². The second-order valence-electron chi connectivity index (χ2n) is 10.1. The molecule has 3 unspecified atom stereocenters. The van der Waals surface area contributed by atoms with E-state index in [1.54, 1.807) is 22.3 Å². The predicted molar refractivity (Wildman–Crippen MR) is 116 cm³/mol. The molecule has 0 aliphatic heterocycles. The molecule has 4 rings (SSSR count). The number of hydrogen-bond acceptors (Lipinski definition) is 1. The van der Waals surface area contributed by atoms with E-state index in [-0.39, 0.29) is 11.5 Å². The lowest BCUT2D eigenvalue weighted by atomic mass is 9.68. The molecule has 4 aliphatic rings.